The standard InChI is InChI=1S/C25H22ClN3O3/c1-16-5-3-4-6-21(16)29-22(11-12-27-29)19-13-20(24(31)14-23(19)30)25(32)28(2)15-17-7-9-18(26)10-8-17/h3-14,30-31H,15H2,1-2H3. The molecule has 32 heavy (non-hydrogen) atoms. The largest absolute Gasteiger partial charge is 0.507 e. The van der Waals surface area contributed by atoms with Crippen molar-refractivity contribution in [2.24, 2.45) is 0 Å². The minimum atomic E-state index is -0.374. The van der Waals surface area contributed by atoms with Crippen LogP contribution in [0.25, 0.3) is 16.9 Å². The first kappa shape index (κ1) is 21.5. The van der Waals surface area contributed by atoms with E-state index in [0.717, 1.165) is 16.8 Å². The zero-order chi connectivity index (χ0) is 22.8. The van der Waals surface area contributed by atoms with Gasteiger partial charge < -0.3 is 15.1 Å². The highest BCUT2D eigenvalue weighted by atomic mass is 35.5. The normalized spacial score (nSPS) is 10.8. The highest BCUT2D eigenvalue weighted by molar-refractivity contribution is 6.30. The van der Waals surface area contributed by atoms with Crippen molar-refractivity contribution in [3.63, 3.8) is 0 Å². The lowest BCUT2D eigenvalue weighted by Crippen LogP contribution is -2.26. The van der Waals surface area contributed by atoms with Gasteiger partial charge in [0.1, 0.15) is 11.5 Å². The Morgan fingerprint density at radius 1 is 1.03 bits per heavy atom. The molecule has 0 bridgehead atoms. The van der Waals surface area contributed by atoms with Crippen LogP contribution in [-0.4, -0.2) is 37.8 Å². The zero-order valence-corrected chi connectivity index (χ0v) is 18.4. The van der Waals surface area contributed by atoms with Crippen LogP contribution < -0.4 is 0 Å². The summed E-state index contributed by atoms with van der Waals surface area (Å²) in [6.07, 6.45) is 1.63. The van der Waals surface area contributed by atoms with Gasteiger partial charge in [0.2, 0.25) is 0 Å². The smallest absolute Gasteiger partial charge is 0.257 e. The molecule has 0 spiro atoms. The van der Waals surface area contributed by atoms with Gasteiger partial charge in [-0.1, -0.05) is 41.9 Å². The molecule has 1 amide bonds. The molecule has 2 N–H and O–H groups in total. The van der Waals surface area contributed by atoms with Gasteiger partial charge in [0, 0.05) is 30.2 Å². The van der Waals surface area contributed by atoms with E-state index in [0.29, 0.717) is 22.8 Å². The zero-order valence-electron chi connectivity index (χ0n) is 17.7. The monoisotopic (exact) mass is 447 g/mol. The lowest BCUT2D eigenvalue weighted by atomic mass is 10.0. The number of carbonyl (C=O) groups is 1. The Hall–Kier alpha value is -3.77. The number of nitrogens with zero attached hydrogens (tertiary/aromatic N) is 3. The molecule has 162 valence electrons. The number of amides is 1. The number of phenolic OH excluding ortho intramolecular Hbond substituents is 2. The summed E-state index contributed by atoms with van der Waals surface area (Å²) in [7, 11) is 1.65. The first-order valence-electron chi connectivity index (χ1n) is 10.0. The fourth-order valence-corrected chi connectivity index (χ4v) is 3.72. The Morgan fingerprint density at radius 2 is 1.75 bits per heavy atom. The Bertz CT molecular complexity index is 1280. The van der Waals surface area contributed by atoms with Crippen LogP contribution in [0.1, 0.15) is 21.5 Å². The number of hydrogen-bond donors (Lipinski definition) is 2. The quantitative estimate of drug-likeness (QED) is 0.441. The number of aromatic nitrogens is 2. The van der Waals surface area contributed by atoms with Crippen molar-refractivity contribution in [2.75, 3.05) is 7.05 Å². The molecular formula is C25H22ClN3O3. The third-order valence-corrected chi connectivity index (χ3v) is 5.54. The summed E-state index contributed by atoms with van der Waals surface area (Å²) in [5.41, 5.74) is 3.86. The van der Waals surface area contributed by atoms with Gasteiger partial charge in [-0.2, -0.15) is 5.10 Å². The Morgan fingerprint density at radius 3 is 2.47 bits per heavy atom. The summed E-state index contributed by atoms with van der Waals surface area (Å²) in [6.45, 7) is 2.31. The summed E-state index contributed by atoms with van der Waals surface area (Å²) in [5.74, 6) is -0.809. The highest BCUT2D eigenvalue weighted by Crippen LogP contribution is 2.36. The molecule has 0 saturated heterocycles. The molecule has 4 rings (SSSR count). The van der Waals surface area contributed by atoms with Gasteiger partial charge in [-0.3, -0.25) is 4.79 Å². The molecule has 0 aliphatic heterocycles. The van der Waals surface area contributed by atoms with Crippen LogP contribution in [0.15, 0.2) is 72.9 Å². The summed E-state index contributed by atoms with van der Waals surface area (Å²) in [6, 6.07) is 19.4. The number of aryl methyl sites for hydroxylation is 1. The minimum absolute atomic E-state index is 0.0896. The van der Waals surface area contributed by atoms with Gasteiger partial charge in [-0.05, 0) is 48.4 Å². The molecule has 0 fully saturated rings. The predicted molar refractivity (Wildman–Crippen MR) is 124 cm³/mol. The van der Waals surface area contributed by atoms with Crippen molar-refractivity contribution in [1.82, 2.24) is 14.7 Å². The van der Waals surface area contributed by atoms with Crippen molar-refractivity contribution in [1.29, 1.82) is 0 Å². The lowest BCUT2D eigenvalue weighted by molar-refractivity contribution is 0.0782. The number of benzene rings is 3. The van der Waals surface area contributed by atoms with Gasteiger partial charge in [0.15, 0.2) is 0 Å². The Balaban J connectivity index is 1.70. The van der Waals surface area contributed by atoms with Gasteiger partial charge in [-0.15, -0.1) is 0 Å². The van der Waals surface area contributed by atoms with Crippen LogP contribution in [0, 0.1) is 6.92 Å². The Labute approximate surface area is 190 Å². The van der Waals surface area contributed by atoms with E-state index in [2.05, 4.69) is 5.10 Å². The second-order valence-corrected chi connectivity index (χ2v) is 8.03. The van der Waals surface area contributed by atoms with Crippen molar-refractivity contribution in [3.05, 3.63) is 94.6 Å². The first-order chi connectivity index (χ1) is 15.3. The number of carbonyl (C=O) groups excluding carboxylic acids is 1. The average molecular weight is 448 g/mol. The van der Waals surface area contributed by atoms with Crippen LogP contribution in [-0.2, 0) is 6.54 Å². The maximum atomic E-state index is 13.1. The molecule has 3 aromatic carbocycles. The lowest BCUT2D eigenvalue weighted by Gasteiger charge is -2.19. The molecule has 0 unspecified atom stereocenters. The predicted octanol–water partition coefficient (Wildman–Crippen LogP) is 5.18. The van der Waals surface area contributed by atoms with Gasteiger partial charge in [0.05, 0.1) is 23.1 Å². The van der Waals surface area contributed by atoms with E-state index in [4.69, 9.17) is 11.6 Å². The molecule has 0 radical (unpaired) electrons. The third-order valence-electron chi connectivity index (χ3n) is 5.29. The van der Waals surface area contributed by atoms with Crippen molar-refractivity contribution < 1.29 is 15.0 Å². The Kier molecular flexibility index (Phi) is 5.88. The van der Waals surface area contributed by atoms with E-state index in [-0.39, 0.29) is 23.0 Å². The number of para-hydroxylation sites is 1. The molecule has 0 saturated carbocycles. The number of aromatic hydroxyl groups is 2. The summed E-state index contributed by atoms with van der Waals surface area (Å²) < 4.78 is 1.70. The van der Waals surface area contributed by atoms with Crippen LogP contribution in [0.2, 0.25) is 5.02 Å². The molecular weight excluding hydrogens is 426 g/mol. The fraction of sp³-hybridized carbons (Fsp3) is 0.120. The maximum Gasteiger partial charge on any atom is 0.257 e. The molecule has 7 heteroatoms. The number of hydrogen-bond acceptors (Lipinski definition) is 4. The van der Waals surface area contributed by atoms with Crippen molar-refractivity contribution in [3.8, 4) is 28.4 Å². The van der Waals surface area contributed by atoms with E-state index < -0.39 is 0 Å². The van der Waals surface area contributed by atoms with E-state index in [1.54, 1.807) is 36.1 Å². The summed E-state index contributed by atoms with van der Waals surface area (Å²) in [5, 5.41) is 26.0. The summed E-state index contributed by atoms with van der Waals surface area (Å²) in [4.78, 5) is 14.6. The van der Waals surface area contributed by atoms with Crippen LogP contribution in [0.4, 0.5) is 0 Å². The molecule has 0 aliphatic carbocycles. The third kappa shape index (κ3) is 4.18. The van der Waals surface area contributed by atoms with Gasteiger partial charge in [0.25, 0.3) is 5.91 Å². The SMILES string of the molecule is Cc1ccccc1-n1nccc1-c1cc(C(=O)N(C)Cc2ccc(Cl)cc2)c(O)cc1O. The average Bonchev–Trinajstić information content (AvgIpc) is 3.24. The molecule has 0 aliphatic rings. The summed E-state index contributed by atoms with van der Waals surface area (Å²) >= 11 is 5.93. The number of halogens is 1. The maximum absolute atomic E-state index is 13.1. The molecule has 6 nitrogen and oxygen atoms in total. The van der Waals surface area contributed by atoms with Crippen LogP contribution in [0.5, 0.6) is 11.5 Å². The van der Waals surface area contributed by atoms with Crippen LogP contribution in [0.3, 0.4) is 0 Å². The second-order valence-electron chi connectivity index (χ2n) is 7.59. The fourth-order valence-electron chi connectivity index (χ4n) is 3.60. The topological polar surface area (TPSA) is 78.6 Å². The minimum Gasteiger partial charge on any atom is -0.507 e. The van der Waals surface area contributed by atoms with Gasteiger partial charge in [-0.25, -0.2) is 4.68 Å². The molecule has 1 aromatic heterocycles. The van der Waals surface area contributed by atoms with Gasteiger partial charge >= 0.3 is 0 Å². The van der Waals surface area contributed by atoms with E-state index >= 15 is 0 Å². The number of rotatable bonds is 5. The van der Waals surface area contributed by atoms with Crippen molar-refractivity contribution in [2.45, 2.75) is 13.5 Å². The van der Waals surface area contributed by atoms with Crippen molar-refractivity contribution >= 4 is 17.5 Å². The van der Waals surface area contributed by atoms with E-state index in [1.165, 1.54) is 17.0 Å². The van der Waals surface area contributed by atoms with E-state index in [9.17, 15) is 15.0 Å². The van der Waals surface area contributed by atoms with E-state index in [1.807, 2.05) is 43.3 Å². The molecule has 1 heterocycles. The van der Waals surface area contributed by atoms with Crippen LogP contribution >= 0.6 is 11.6 Å². The highest BCUT2D eigenvalue weighted by Gasteiger charge is 2.21. The second kappa shape index (κ2) is 8.77. The number of phenols is 2. The molecule has 4 aromatic rings. The molecule has 0 atom stereocenters. The first-order valence-corrected chi connectivity index (χ1v) is 10.4.